The maximum absolute atomic E-state index is 12.2. The van der Waals surface area contributed by atoms with Crippen LogP contribution < -0.4 is 4.90 Å². The molecule has 2 rings (SSSR count). The molecule has 1 aliphatic heterocycles. The van der Waals surface area contributed by atoms with Crippen LogP contribution in [0.2, 0.25) is 0 Å². The number of hydrogen-bond donors (Lipinski definition) is 0. The minimum absolute atomic E-state index is 0.00307. The van der Waals surface area contributed by atoms with Crippen LogP contribution in [0.25, 0.3) is 0 Å². The number of benzene rings is 1. The van der Waals surface area contributed by atoms with E-state index in [1.807, 2.05) is 46.6 Å². The molecule has 1 aliphatic rings. The summed E-state index contributed by atoms with van der Waals surface area (Å²) < 4.78 is 0.469. The Balaban J connectivity index is 2.23. The lowest BCUT2D eigenvalue weighted by Gasteiger charge is -2.26. The molecule has 0 saturated carbocycles. The van der Waals surface area contributed by atoms with Gasteiger partial charge in [0.15, 0.2) is 0 Å². The highest BCUT2D eigenvalue weighted by atomic mass is 35.5. The van der Waals surface area contributed by atoms with Gasteiger partial charge >= 0.3 is 0 Å². The van der Waals surface area contributed by atoms with E-state index in [1.165, 1.54) is 17.1 Å². The molecule has 0 aromatic heterocycles. The van der Waals surface area contributed by atoms with Crippen molar-refractivity contribution in [3.63, 3.8) is 0 Å². The van der Waals surface area contributed by atoms with Gasteiger partial charge < -0.3 is 4.90 Å². The van der Waals surface area contributed by atoms with Crippen LogP contribution in [-0.4, -0.2) is 34.4 Å². The standard InChI is InChI=1S/C15H20ClNOS2/c1-2-5-12-6-3-4-7-13(12)17(14(18)10-16)11-15-19-8-9-20-15/h3-4,6-7,15H,2,5,8-11H2,1H3. The smallest absolute Gasteiger partial charge is 0.241 e. The van der Waals surface area contributed by atoms with Gasteiger partial charge in [-0.3, -0.25) is 4.79 Å². The summed E-state index contributed by atoms with van der Waals surface area (Å²) in [5, 5.41) is 0. The van der Waals surface area contributed by atoms with Gasteiger partial charge in [-0.1, -0.05) is 31.5 Å². The molecule has 0 atom stereocenters. The van der Waals surface area contributed by atoms with Gasteiger partial charge in [0.05, 0.1) is 4.58 Å². The highest BCUT2D eigenvalue weighted by Crippen LogP contribution is 2.34. The number of rotatable bonds is 6. The maximum atomic E-state index is 12.2. The highest BCUT2D eigenvalue weighted by Gasteiger charge is 2.24. The van der Waals surface area contributed by atoms with Crippen molar-refractivity contribution < 1.29 is 4.79 Å². The number of para-hydroxylation sites is 1. The molecule has 1 amide bonds. The van der Waals surface area contributed by atoms with E-state index in [0.29, 0.717) is 4.58 Å². The van der Waals surface area contributed by atoms with Crippen molar-refractivity contribution in [2.24, 2.45) is 0 Å². The van der Waals surface area contributed by atoms with E-state index in [9.17, 15) is 4.79 Å². The third-order valence-electron chi connectivity index (χ3n) is 3.24. The van der Waals surface area contributed by atoms with Crippen molar-refractivity contribution in [1.82, 2.24) is 0 Å². The Morgan fingerprint density at radius 3 is 2.70 bits per heavy atom. The third-order valence-corrected chi connectivity index (χ3v) is 6.46. The van der Waals surface area contributed by atoms with Gasteiger partial charge in [0.1, 0.15) is 5.88 Å². The number of carbonyl (C=O) groups is 1. The summed E-state index contributed by atoms with van der Waals surface area (Å²) in [4.78, 5) is 14.1. The molecular formula is C15H20ClNOS2. The van der Waals surface area contributed by atoms with Crippen LogP contribution in [0, 0.1) is 0 Å². The van der Waals surface area contributed by atoms with E-state index >= 15 is 0 Å². The Bertz CT molecular complexity index is 449. The lowest BCUT2D eigenvalue weighted by Crippen LogP contribution is -2.36. The van der Waals surface area contributed by atoms with Crippen LogP contribution >= 0.6 is 35.1 Å². The quantitative estimate of drug-likeness (QED) is 0.735. The van der Waals surface area contributed by atoms with E-state index in [1.54, 1.807) is 0 Å². The first-order chi connectivity index (χ1) is 9.76. The van der Waals surface area contributed by atoms with Crippen molar-refractivity contribution >= 4 is 46.7 Å². The van der Waals surface area contributed by atoms with Crippen LogP contribution in [0.1, 0.15) is 18.9 Å². The first-order valence-corrected chi connectivity index (χ1v) is 9.57. The SMILES string of the molecule is CCCc1ccccc1N(CC1SCCS1)C(=O)CCl. The second kappa shape index (κ2) is 8.20. The number of hydrogen-bond acceptors (Lipinski definition) is 3. The Kier molecular flexibility index (Phi) is 6.59. The number of alkyl halides is 1. The van der Waals surface area contributed by atoms with E-state index in [4.69, 9.17) is 11.6 Å². The molecule has 1 aromatic rings. The maximum Gasteiger partial charge on any atom is 0.241 e. The normalized spacial score (nSPS) is 15.5. The molecular weight excluding hydrogens is 310 g/mol. The molecule has 20 heavy (non-hydrogen) atoms. The summed E-state index contributed by atoms with van der Waals surface area (Å²) in [5.74, 6) is 2.40. The molecule has 2 nitrogen and oxygen atoms in total. The molecule has 1 fully saturated rings. The zero-order valence-electron chi connectivity index (χ0n) is 11.7. The van der Waals surface area contributed by atoms with Crippen molar-refractivity contribution in [2.75, 3.05) is 28.8 Å². The monoisotopic (exact) mass is 329 g/mol. The minimum atomic E-state index is 0.00307. The first-order valence-electron chi connectivity index (χ1n) is 6.93. The number of aryl methyl sites for hydroxylation is 1. The van der Waals surface area contributed by atoms with Gasteiger partial charge in [0.2, 0.25) is 5.91 Å². The number of anilines is 1. The van der Waals surface area contributed by atoms with Crippen molar-refractivity contribution in [3.8, 4) is 0 Å². The zero-order chi connectivity index (χ0) is 14.4. The molecule has 110 valence electrons. The van der Waals surface area contributed by atoms with Gasteiger partial charge in [0.25, 0.3) is 0 Å². The predicted octanol–water partition coefficient (Wildman–Crippen LogP) is 4.02. The lowest BCUT2D eigenvalue weighted by atomic mass is 10.1. The molecule has 0 radical (unpaired) electrons. The van der Waals surface area contributed by atoms with Crippen molar-refractivity contribution in [2.45, 2.75) is 24.3 Å². The second-order valence-corrected chi connectivity index (χ2v) is 7.87. The fourth-order valence-electron chi connectivity index (χ4n) is 2.32. The van der Waals surface area contributed by atoms with Crippen LogP contribution in [0.4, 0.5) is 5.69 Å². The van der Waals surface area contributed by atoms with E-state index in [-0.39, 0.29) is 11.8 Å². The molecule has 0 bridgehead atoms. The average Bonchev–Trinajstić information content (AvgIpc) is 2.98. The van der Waals surface area contributed by atoms with Gasteiger partial charge in [-0.15, -0.1) is 35.1 Å². The van der Waals surface area contributed by atoms with Gasteiger partial charge in [0, 0.05) is 23.7 Å². The Hall–Kier alpha value is -0.320. The summed E-state index contributed by atoms with van der Waals surface area (Å²) in [6.07, 6.45) is 2.07. The molecule has 1 heterocycles. The summed E-state index contributed by atoms with van der Waals surface area (Å²) >= 11 is 9.68. The van der Waals surface area contributed by atoms with E-state index < -0.39 is 0 Å². The lowest BCUT2D eigenvalue weighted by molar-refractivity contribution is -0.116. The largest absolute Gasteiger partial charge is 0.309 e. The van der Waals surface area contributed by atoms with Crippen LogP contribution in [0.15, 0.2) is 24.3 Å². The highest BCUT2D eigenvalue weighted by molar-refractivity contribution is 8.20. The van der Waals surface area contributed by atoms with Gasteiger partial charge in [-0.05, 0) is 18.1 Å². The molecule has 0 unspecified atom stereocenters. The number of nitrogens with zero attached hydrogens (tertiary/aromatic N) is 1. The number of halogens is 1. The molecule has 0 N–H and O–H groups in total. The Morgan fingerprint density at radius 1 is 1.35 bits per heavy atom. The average molecular weight is 330 g/mol. The molecule has 1 aromatic carbocycles. The third kappa shape index (κ3) is 4.09. The van der Waals surface area contributed by atoms with Crippen molar-refractivity contribution in [1.29, 1.82) is 0 Å². The fourth-order valence-corrected chi connectivity index (χ4v) is 5.23. The topological polar surface area (TPSA) is 20.3 Å². The second-order valence-electron chi connectivity index (χ2n) is 4.69. The molecule has 1 saturated heterocycles. The number of thioether (sulfide) groups is 2. The summed E-state index contributed by atoms with van der Waals surface area (Å²) in [7, 11) is 0. The first kappa shape index (κ1) is 16.1. The van der Waals surface area contributed by atoms with Crippen molar-refractivity contribution in [3.05, 3.63) is 29.8 Å². The molecule has 0 spiro atoms. The molecule has 0 aliphatic carbocycles. The van der Waals surface area contributed by atoms with Gasteiger partial charge in [-0.25, -0.2) is 0 Å². The van der Waals surface area contributed by atoms with Gasteiger partial charge in [-0.2, -0.15) is 0 Å². The number of amides is 1. The Morgan fingerprint density at radius 2 is 2.05 bits per heavy atom. The fraction of sp³-hybridized carbons (Fsp3) is 0.533. The summed E-state index contributed by atoms with van der Waals surface area (Å²) in [6, 6.07) is 8.19. The van der Waals surface area contributed by atoms with Crippen LogP contribution in [0.5, 0.6) is 0 Å². The zero-order valence-corrected chi connectivity index (χ0v) is 14.1. The van der Waals surface area contributed by atoms with E-state index in [2.05, 4.69) is 13.0 Å². The minimum Gasteiger partial charge on any atom is -0.309 e. The summed E-state index contributed by atoms with van der Waals surface area (Å²) in [6.45, 7) is 2.91. The Labute approximate surface area is 134 Å². The predicted molar refractivity (Wildman–Crippen MR) is 92.2 cm³/mol. The summed E-state index contributed by atoms with van der Waals surface area (Å²) in [5.41, 5.74) is 2.27. The van der Waals surface area contributed by atoms with E-state index in [0.717, 1.165) is 25.1 Å². The number of carbonyl (C=O) groups excluding carboxylic acids is 1. The van der Waals surface area contributed by atoms with Crippen LogP contribution in [-0.2, 0) is 11.2 Å². The van der Waals surface area contributed by atoms with Crippen LogP contribution in [0.3, 0.4) is 0 Å². The molecule has 5 heteroatoms.